The minimum absolute atomic E-state index is 0.217. The largest absolute Gasteiger partial charge is 0.390 e. The summed E-state index contributed by atoms with van der Waals surface area (Å²) in [7, 11) is 0. The molecule has 5 heteroatoms. The summed E-state index contributed by atoms with van der Waals surface area (Å²) in [5, 5.41) is 12.7. The van der Waals surface area contributed by atoms with E-state index >= 15 is 0 Å². The van der Waals surface area contributed by atoms with Crippen LogP contribution in [-0.4, -0.2) is 21.7 Å². The third-order valence-corrected chi connectivity index (χ3v) is 3.13. The van der Waals surface area contributed by atoms with E-state index in [0.29, 0.717) is 23.1 Å². The summed E-state index contributed by atoms with van der Waals surface area (Å²) in [6.07, 6.45) is 2.56. The van der Waals surface area contributed by atoms with Gasteiger partial charge in [0.1, 0.15) is 11.6 Å². The lowest BCUT2D eigenvalue weighted by molar-refractivity contribution is -0.0235. The Morgan fingerprint density at radius 1 is 1.67 bits per heavy atom. The highest BCUT2D eigenvalue weighted by molar-refractivity contribution is 9.10. The van der Waals surface area contributed by atoms with E-state index in [-0.39, 0.29) is 11.9 Å². The third kappa shape index (κ3) is 2.46. The van der Waals surface area contributed by atoms with E-state index in [2.05, 4.69) is 26.2 Å². The van der Waals surface area contributed by atoms with Crippen LogP contribution in [0.2, 0.25) is 0 Å². The van der Waals surface area contributed by atoms with Gasteiger partial charge < -0.3 is 10.4 Å². The predicted octanol–water partition coefficient (Wildman–Crippen LogP) is 2.31. The van der Waals surface area contributed by atoms with Gasteiger partial charge in [0.25, 0.3) is 0 Å². The summed E-state index contributed by atoms with van der Waals surface area (Å²) >= 11 is 3.23. The molecule has 1 saturated carbocycles. The van der Waals surface area contributed by atoms with Gasteiger partial charge in [0.05, 0.1) is 16.3 Å². The van der Waals surface area contributed by atoms with Crippen LogP contribution in [0.15, 0.2) is 16.7 Å². The van der Waals surface area contributed by atoms with Crippen molar-refractivity contribution in [3.8, 4) is 0 Å². The minimum Gasteiger partial charge on any atom is -0.390 e. The maximum atomic E-state index is 12.7. The summed E-state index contributed by atoms with van der Waals surface area (Å²) in [6.45, 7) is 1.80. The van der Waals surface area contributed by atoms with E-state index in [1.54, 1.807) is 6.92 Å². The molecule has 1 aliphatic carbocycles. The van der Waals surface area contributed by atoms with E-state index in [0.717, 1.165) is 0 Å². The van der Waals surface area contributed by atoms with Crippen LogP contribution in [0.25, 0.3) is 0 Å². The lowest BCUT2D eigenvalue weighted by Crippen LogP contribution is -2.48. The predicted molar refractivity (Wildman–Crippen MR) is 59.2 cm³/mol. The molecule has 0 aliphatic heterocycles. The first-order valence-corrected chi connectivity index (χ1v) is 5.55. The molecule has 15 heavy (non-hydrogen) atoms. The lowest BCUT2D eigenvalue weighted by atomic mass is 9.77. The van der Waals surface area contributed by atoms with Crippen molar-refractivity contribution in [3.05, 3.63) is 22.6 Å². The van der Waals surface area contributed by atoms with Crippen molar-refractivity contribution >= 4 is 21.7 Å². The summed E-state index contributed by atoms with van der Waals surface area (Å²) in [6, 6.07) is 1.58. The quantitative estimate of drug-likeness (QED) is 0.870. The van der Waals surface area contributed by atoms with E-state index in [4.69, 9.17) is 0 Å². The molecule has 0 aromatic carbocycles. The van der Waals surface area contributed by atoms with Crippen LogP contribution in [0.3, 0.4) is 0 Å². The number of pyridine rings is 1. The Labute approximate surface area is 95.8 Å². The Kier molecular flexibility index (Phi) is 2.68. The molecular formula is C10H12BrFN2O. The number of aliphatic hydroxyl groups is 1. The van der Waals surface area contributed by atoms with Gasteiger partial charge in [-0.1, -0.05) is 0 Å². The van der Waals surface area contributed by atoms with Crippen LogP contribution in [0.4, 0.5) is 10.2 Å². The van der Waals surface area contributed by atoms with Gasteiger partial charge in [-0.2, -0.15) is 0 Å². The molecule has 2 N–H and O–H groups in total. The number of aromatic nitrogens is 1. The van der Waals surface area contributed by atoms with E-state index in [1.165, 1.54) is 12.3 Å². The fraction of sp³-hybridized carbons (Fsp3) is 0.500. The Hall–Kier alpha value is -0.680. The second-order valence-electron chi connectivity index (χ2n) is 4.23. The molecule has 1 heterocycles. The molecule has 1 aromatic heterocycles. The van der Waals surface area contributed by atoms with Crippen molar-refractivity contribution in [1.29, 1.82) is 0 Å². The molecule has 1 aromatic rings. The highest BCUT2D eigenvalue weighted by atomic mass is 79.9. The summed E-state index contributed by atoms with van der Waals surface area (Å²) in [5.41, 5.74) is -0.565. The highest BCUT2D eigenvalue weighted by Crippen LogP contribution is 2.34. The summed E-state index contributed by atoms with van der Waals surface area (Å²) in [4.78, 5) is 3.93. The Balaban J connectivity index is 2.00. The summed E-state index contributed by atoms with van der Waals surface area (Å²) in [5.74, 6) is 0.255. The SMILES string of the molecule is CC1(O)CC(Nc2ncc(F)cc2Br)C1. The number of hydrogen-bond donors (Lipinski definition) is 2. The highest BCUT2D eigenvalue weighted by Gasteiger charge is 2.38. The molecular weight excluding hydrogens is 263 g/mol. The molecule has 0 unspecified atom stereocenters. The zero-order valence-corrected chi connectivity index (χ0v) is 9.88. The molecule has 82 valence electrons. The molecule has 3 nitrogen and oxygen atoms in total. The van der Waals surface area contributed by atoms with Crippen LogP contribution in [0, 0.1) is 5.82 Å². The van der Waals surface area contributed by atoms with Crippen LogP contribution < -0.4 is 5.32 Å². The van der Waals surface area contributed by atoms with Crippen molar-refractivity contribution in [2.75, 3.05) is 5.32 Å². The molecule has 0 radical (unpaired) electrons. The molecule has 0 bridgehead atoms. The van der Waals surface area contributed by atoms with Crippen molar-refractivity contribution < 1.29 is 9.50 Å². The number of halogens is 2. The van der Waals surface area contributed by atoms with Gasteiger partial charge >= 0.3 is 0 Å². The molecule has 0 amide bonds. The summed E-state index contributed by atoms with van der Waals surface area (Å²) < 4.78 is 13.3. The van der Waals surface area contributed by atoms with E-state index in [9.17, 15) is 9.50 Å². The average molecular weight is 275 g/mol. The number of nitrogens with one attached hydrogen (secondary N) is 1. The maximum absolute atomic E-state index is 12.7. The van der Waals surface area contributed by atoms with Gasteiger partial charge in [-0.15, -0.1) is 0 Å². The second kappa shape index (κ2) is 3.72. The first-order chi connectivity index (χ1) is 6.96. The normalized spacial score (nSPS) is 29.7. The first-order valence-electron chi connectivity index (χ1n) is 4.76. The van der Waals surface area contributed by atoms with Gasteiger partial charge in [-0.3, -0.25) is 0 Å². The smallest absolute Gasteiger partial charge is 0.142 e. The van der Waals surface area contributed by atoms with Crippen molar-refractivity contribution in [3.63, 3.8) is 0 Å². The molecule has 1 fully saturated rings. The van der Waals surface area contributed by atoms with Crippen LogP contribution in [-0.2, 0) is 0 Å². The van der Waals surface area contributed by atoms with Crippen molar-refractivity contribution in [1.82, 2.24) is 4.98 Å². The Morgan fingerprint density at radius 3 is 2.87 bits per heavy atom. The average Bonchev–Trinajstić information content (AvgIpc) is 2.06. The topological polar surface area (TPSA) is 45.1 Å². The minimum atomic E-state index is -0.565. The maximum Gasteiger partial charge on any atom is 0.142 e. The fourth-order valence-electron chi connectivity index (χ4n) is 1.82. The van der Waals surface area contributed by atoms with E-state index < -0.39 is 5.60 Å². The van der Waals surface area contributed by atoms with Gasteiger partial charge in [0.15, 0.2) is 0 Å². The number of rotatable bonds is 2. The zero-order valence-electron chi connectivity index (χ0n) is 8.30. The second-order valence-corrected chi connectivity index (χ2v) is 5.08. The van der Waals surface area contributed by atoms with Crippen LogP contribution >= 0.6 is 15.9 Å². The van der Waals surface area contributed by atoms with Gasteiger partial charge in [-0.25, -0.2) is 9.37 Å². The molecule has 0 saturated heterocycles. The third-order valence-electron chi connectivity index (χ3n) is 2.52. The monoisotopic (exact) mass is 274 g/mol. The fourth-order valence-corrected chi connectivity index (χ4v) is 2.25. The molecule has 2 rings (SSSR count). The standard InChI is InChI=1S/C10H12BrFN2O/c1-10(15)3-7(4-10)14-9-8(11)2-6(12)5-13-9/h2,5,7,15H,3-4H2,1H3,(H,13,14). The number of nitrogens with zero attached hydrogens (tertiary/aromatic N) is 1. The van der Waals surface area contributed by atoms with Gasteiger partial charge in [0.2, 0.25) is 0 Å². The van der Waals surface area contributed by atoms with Crippen molar-refractivity contribution in [2.24, 2.45) is 0 Å². The molecule has 0 spiro atoms. The van der Waals surface area contributed by atoms with E-state index in [1.807, 2.05) is 0 Å². The van der Waals surface area contributed by atoms with Gasteiger partial charge in [-0.05, 0) is 41.8 Å². The number of anilines is 1. The number of hydrogen-bond acceptors (Lipinski definition) is 3. The molecule has 0 atom stereocenters. The van der Waals surface area contributed by atoms with Crippen LogP contribution in [0.5, 0.6) is 0 Å². The molecule has 1 aliphatic rings. The Bertz CT molecular complexity index is 376. The zero-order chi connectivity index (χ0) is 11.1. The lowest BCUT2D eigenvalue weighted by Gasteiger charge is -2.41. The van der Waals surface area contributed by atoms with Gasteiger partial charge in [0, 0.05) is 6.04 Å². The Morgan fingerprint density at radius 2 is 2.33 bits per heavy atom. The van der Waals surface area contributed by atoms with Crippen LogP contribution in [0.1, 0.15) is 19.8 Å². The first kappa shape index (κ1) is 10.8. The van der Waals surface area contributed by atoms with Crippen molar-refractivity contribution in [2.45, 2.75) is 31.4 Å².